The molecule has 36 nitrogen and oxygen atoms in total. The van der Waals surface area contributed by atoms with Crippen LogP contribution in [0.25, 0.3) is 44.6 Å². The number of carbonyl (C=O) groups excluding carboxylic acids is 4. The number of amides is 8. The summed E-state index contributed by atoms with van der Waals surface area (Å²) in [4.78, 5) is 67.0. The number of anilines is 10. The molecule has 16 rings (SSSR count). The van der Waals surface area contributed by atoms with Gasteiger partial charge in [0, 0.05) is 102 Å². The first-order valence-corrected chi connectivity index (χ1v) is 50.2. The smallest absolute Gasteiger partial charge is 0.326 e. The highest BCUT2D eigenvalue weighted by Crippen LogP contribution is 2.35. The van der Waals surface area contributed by atoms with Crippen LogP contribution >= 0.6 is 11.6 Å². The van der Waals surface area contributed by atoms with E-state index in [4.69, 9.17) is 39.7 Å². The molecule has 7 aromatic heterocycles. The third kappa shape index (κ3) is 26.9. The third-order valence-corrected chi connectivity index (χ3v) is 26.6. The molecule has 41 heteroatoms. The van der Waals surface area contributed by atoms with E-state index in [-0.39, 0.29) is 54.5 Å². The number of para-hydroxylation sites is 3. The van der Waals surface area contributed by atoms with Crippen LogP contribution in [0.3, 0.4) is 0 Å². The lowest BCUT2D eigenvalue weighted by Gasteiger charge is -2.14. The molecule has 8 amide bonds. The second-order valence-corrected chi connectivity index (χ2v) is 42.9. The zero-order valence-electron chi connectivity index (χ0n) is 79.0. The van der Waals surface area contributed by atoms with Crippen molar-refractivity contribution in [2.45, 2.75) is 138 Å². The van der Waals surface area contributed by atoms with Crippen LogP contribution < -0.4 is 52.0 Å². The molecule has 726 valence electrons. The van der Waals surface area contributed by atoms with E-state index < -0.39 is 64.2 Å². The molecule has 2 atom stereocenters. The molecule has 0 radical (unpaired) electrons. The Morgan fingerprint density at radius 1 is 0.364 bits per heavy atom. The van der Waals surface area contributed by atoms with E-state index >= 15 is 0 Å². The Labute approximate surface area is 816 Å². The van der Waals surface area contributed by atoms with Gasteiger partial charge in [-0.1, -0.05) is 149 Å². The number of sulfonamides is 2. The van der Waals surface area contributed by atoms with E-state index in [0.717, 1.165) is 44.6 Å². The summed E-state index contributed by atoms with van der Waals surface area (Å²) in [5, 5.41) is 43.6. The van der Waals surface area contributed by atoms with Gasteiger partial charge in [0.05, 0.1) is 83.8 Å². The lowest BCUT2D eigenvalue weighted by molar-refractivity contribution is 0.261. The van der Waals surface area contributed by atoms with Gasteiger partial charge in [-0.05, 0) is 208 Å². The Bertz CT molecular complexity index is 7580. The highest BCUT2D eigenvalue weighted by atomic mass is 35.5. The van der Waals surface area contributed by atoms with E-state index in [1.165, 1.54) is 36.8 Å². The number of carbonyl (C=O) groups is 4. The number of hydrogen-bond donors (Lipinski definition) is 13. The number of pyridine rings is 1. The topological polar surface area (TPSA) is 483 Å². The summed E-state index contributed by atoms with van der Waals surface area (Å²) in [7, 11) is -14.2. The van der Waals surface area contributed by atoms with Crippen molar-refractivity contribution in [3.05, 3.63) is 320 Å². The Morgan fingerprint density at radius 3 is 1.10 bits per heavy atom. The molecular formula is C99H107ClN24O12S4. The van der Waals surface area contributed by atoms with E-state index in [1.807, 2.05) is 168 Å². The van der Waals surface area contributed by atoms with Crippen molar-refractivity contribution in [1.29, 1.82) is 9.56 Å². The van der Waals surface area contributed by atoms with Crippen LogP contribution in [0.4, 0.5) is 76.8 Å². The van der Waals surface area contributed by atoms with E-state index in [2.05, 4.69) is 82.1 Å². The van der Waals surface area contributed by atoms with Crippen LogP contribution in [0.1, 0.15) is 120 Å². The van der Waals surface area contributed by atoms with Crippen molar-refractivity contribution < 1.29 is 52.8 Å². The van der Waals surface area contributed by atoms with Gasteiger partial charge in [-0.3, -0.25) is 49.7 Å². The van der Waals surface area contributed by atoms with Crippen molar-refractivity contribution in [1.82, 2.24) is 59.1 Å². The molecule has 2 unspecified atom stereocenters. The van der Waals surface area contributed by atoms with Gasteiger partial charge in [-0.15, -0.1) is 0 Å². The predicted molar refractivity (Wildman–Crippen MR) is 549 cm³/mol. The number of aromatic amines is 1. The Kier molecular flexibility index (Phi) is 31.4. The molecule has 0 spiro atoms. The van der Waals surface area contributed by atoms with Crippen molar-refractivity contribution >= 4 is 155 Å². The summed E-state index contributed by atoms with van der Waals surface area (Å²) in [6.07, 6.45) is 4.71. The number of rotatable bonds is 24. The van der Waals surface area contributed by atoms with Crippen molar-refractivity contribution in [2.75, 3.05) is 65.2 Å². The molecule has 0 aliphatic rings. The number of fused-ring (bicyclic) bond motifs is 2. The van der Waals surface area contributed by atoms with Gasteiger partial charge in [0.15, 0.2) is 20.0 Å². The number of nitrogens with zero attached hydrogens (tertiary/aromatic N) is 11. The summed E-state index contributed by atoms with van der Waals surface area (Å²) >= 11 is 5.89. The summed E-state index contributed by atoms with van der Waals surface area (Å²) in [6.45, 7) is 28.0. The molecule has 0 saturated heterocycles. The molecule has 9 aromatic carbocycles. The molecular weight excluding hydrogens is 1880 g/mol. The predicted octanol–water partition coefficient (Wildman–Crippen LogP) is 22.0. The van der Waals surface area contributed by atoms with Gasteiger partial charge in [0.25, 0.3) is 20.0 Å². The number of nitrogens with one attached hydrogen (secondary N) is 13. The van der Waals surface area contributed by atoms with E-state index in [1.54, 1.807) is 202 Å². The summed E-state index contributed by atoms with van der Waals surface area (Å²) in [5.41, 5.74) is 8.40. The zero-order chi connectivity index (χ0) is 101. The molecule has 0 saturated carbocycles. The fraction of sp³-hybridized carbons (Fsp3) is 0.202. The quantitative estimate of drug-likeness (QED) is 0.0267. The Balaban J connectivity index is 0.000000158. The van der Waals surface area contributed by atoms with Crippen LogP contribution in [-0.4, -0.2) is 122 Å². The maximum atomic E-state index is 12.9. The summed E-state index contributed by atoms with van der Waals surface area (Å²) in [5.74, 6) is 2.56. The average Bonchev–Trinajstić information content (AvgIpc) is 1.66. The normalized spacial score (nSPS) is 12.5. The summed E-state index contributed by atoms with van der Waals surface area (Å²) < 4.78 is 113. The number of benzene rings is 9. The molecule has 0 bridgehead atoms. The average molecular weight is 1990 g/mol. The second kappa shape index (κ2) is 43.1. The maximum absolute atomic E-state index is 12.9. The van der Waals surface area contributed by atoms with Crippen molar-refractivity contribution in [3.63, 3.8) is 0 Å². The third-order valence-electron chi connectivity index (χ3n) is 20.6. The van der Waals surface area contributed by atoms with Crippen LogP contribution in [0.15, 0.2) is 311 Å². The van der Waals surface area contributed by atoms with Gasteiger partial charge < -0.3 is 15.6 Å². The second-order valence-electron chi connectivity index (χ2n) is 35.6. The minimum atomic E-state index is -3.78. The molecule has 0 aliphatic heterocycles. The Morgan fingerprint density at radius 2 is 0.721 bits per heavy atom. The van der Waals surface area contributed by atoms with E-state index in [0.29, 0.717) is 85.4 Å². The van der Waals surface area contributed by atoms with E-state index in [9.17, 15) is 44.4 Å². The summed E-state index contributed by atoms with van der Waals surface area (Å²) in [6, 6.07) is 75.5. The lowest BCUT2D eigenvalue weighted by Crippen LogP contribution is -2.22. The molecule has 0 aliphatic carbocycles. The van der Waals surface area contributed by atoms with Crippen LogP contribution in [0.5, 0.6) is 0 Å². The highest BCUT2D eigenvalue weighted by Gasteiger charge is 2.29. The number of hydrogen-bond acceptors (Lipinski definition) is 21. The minimum Gasteiger partial charge on any atom is -0.361 e. The first-order chi connectivity index (χ1) is 66.3. The zero-order valence-corrected chi connectivity index (χ0v) is 83.0. The maximum Gasteiger partial charge on any atom is 0.326 e. The highest BCUT2D eigenvalue weighted by molar-refractivity contribution is 7.93. The molecule has 7 heterocycles. The monoisotopic (exact) mass is 1990 g/mol. The largest absolute Gasteiger partial charge is 0.361 e. The Hall–Kier alpha value is -15.5. The van der Waals surface area contributed by atoms with Crippen LogP contribution in [-0.2, 0) is 70.1 Å². The van der Waals surface area contributed by atoms with Gasteiger partial charge in [-0.2, -0.15) is 20.4 Å². The molecule has 16 aromatic rings. The SMILES string of the molecule is CC(C)(C)c1cc(NC(=O)Nc2ccc3[nH]ccc3c2)n(-c2ccc(S(=O)(=O)Nc3ccccc3)cc2)n1.CC(C)(C)c1cc(NC(=O)Nc2ccc3ccccc3n2)n(-c2ccc(S(=O)(=O)Nc3ccccc3)cc2)n1.CCOS(=N)(=O)c1ccc(-n2nc(C(C)(C)C)cc2NC(=O)Nc2ccc(Cl)cc2)cc1.CCOS(=N)(=O)c1ccc(-n2nc(C(C)(C)C)cc2NC(=O)Nc2ccncn2)cc1. The number of halogens is 1. The number of urea groups is 4. The van der Waals surface area contributed by atoms with Gasteiger partial charge in [0.1, 0.15) is 41.2 Å². The standard InChI is InChI=1S/C29H28N6O3S.C28H28N6O3S.C22H26ClN5O3S.C20H25N7O3S/c1-29(2,3)25-19-27(32-28(36)31-26-18-13-20-9-7-8-12-24(20)30-26)35(33-25)22-14-16-23(17-15-22)39(37,38)34-21-10-5-4-6-11-21;1-28(2,3)25-18-26(31-27(35)30-21-9-14-24-19(17-21)15-16-29-24)34(32-25)22-10-12-23(13-11-22)38(36,37)33-20-7-5-4-6-8-20;1-5-31-32(24,30)18-12-10-17(11-13-18)28-20(14-19(27-28)22(2,3)4)26-21(29)25-16-8-6-15(23)7-9-16;1-5-30-31(21,29)15-8-6-14(7-9-15)27-18(12-16(26-27)20(2,3)4)25-19(28)24-17-10-11-22-13-23-17/h4-19,34H,1-3H3,(H2,30,31,32,36);4-18,29,33H,1-3H3,(H2,30,31,35);6-14,24H,5H2,1-4H3,(H2,25,26,29);6-13,21H,5H2,1-4H3,(H2,22,23,24,25,28). The first-order valence-electron chi connectivity index (χ1n) is 43.9. The van der Waals surface area contributed by atoms with Gasteiger partial charge >= 0.3 is 24.1 Å². The fourth-order valence-corrected chi connectivity index (χ4v) is 17.5. The number of aromatic nitrogens is 12. The van der Waals surface area contributed by atoms with Crippen LogP contribution in [0, 0.1) is 9.56 Å². The van der Waals surface area contributed by atoms with Crippen molar-refractivity contribution in [2.24, 2.45) is 0 Å². The first kappa shape index (κ1) is 102. The van der Waals surface area contributed by atoms with Crippen molar-refractivity contribution in [3.8, 4) is 22.7 Å². The fourth-order valence-electron chi connectivity index (χ4n) is 13.4. The molecule has 0 fully saturated rings. The number of H-pyrrole nitrogens is 1. The van der Waals surface area contributed by atoms with Gasteiger partial charge in [-0.25, -0.2) is 87.7 Å². The lowest BCUT2D eigenvalue weighted by atomic mass is 9.92. The van der Waals surface area contributed by atoms with Crippen LogP contribution in [0.2, 0.25) is 5.02 Å². The molecule has 140 heavy (non-hydrogen) atoms. The minimum absolute atomic E-state index is 0.105. The van der Waals surface area contributed by atoms with Gasteiger partial charge in [0.2, 0.25) is 0 Å². The molecule has 13 N–H and O–H groups in total.